The Morgan fingerprint density at radius 2 is 1.27 bits per heavy atom. The topological polar surface area (TPSA) is 50.9 Å². The fourth-order valence-corrected chi connectivity index (χ4v) is 3.95. The number of unbranched alkanes of at least 4 members (excludes halogenated alkanes) is 8. The molecule has 0 radical (unpaired) electrons. The molecule has 1 aromatic heterocycles. The van der Waals surface area contributed by atoms with Gasteiger partial charge in [-0.25, -0.2) is 0 Å². The lowest BCUT2D eigenvalue weighted by Gasteiger charge is -2.07. The number of hydrogen-bond acceptors (Lipinski definition) is 3. The Hall–Kier alpha value is -2.36. The summed E-state index contributed by atoms with van der Waals surface area (Å²) in [6.07, 6.45) is 15.0. The molecule has 30 heavy (non-hydrogen) atoms. The van der Waals surface area contributed by atoms with Gasteiger partial charge in [0.05, 0.1) is 0 Å². The summed E-state index contributed by atoms with van der Waals surface area (Å²) < 4.78 is 0. The van der Waals surface area contributed by atoms with Gasteiger partial charge < -0.3 is 5.11 Å². The summed E-state index contributed by atoms with van der Waals surface area (Å²) in [5.74, 6) is 0.223. The molecule has 1 heterocycles. The van der Waals surface area contributed by atoms with Crippen molar-refractivity contribution in [2.75, 3.05) is 0 Å². The first-order valence-electron chi connectivity index (χ1n) is 11.9. The Balaban J connectivity index is 1.60. The zero-order valence-corrected chi connectivity index (χ0v) is 18.7. The van der Waals surface area contributed by atoms with Gasteiger partial charge in [0.15, 0.2) is 0 Å². The van der Waals surface area contributed by atoms with Crippen molar-refractivity contribution in [3.63, 3.8) is 0 Å². The van der Waals surface area contributed by atoms with Crippen LogP contribution in [0.15, 0.2) is 36.4 Å². The molecule has 162 valence electrons. The van der Waals surface area contributed by atoms with Gasteiger partial charge in [-0.05, 0) is 61.1 Å². The summed E-state index contributed by atoms with van der Waals surface area (Å²) in [4.78, 5) is 1.58. The maximum atomic E-state index is 10.4. The predicted octanol–water partition coefficient (Wildman–Crippen LogP) is 7.15. The maximum Gasteiger partial charge on any atom is 0.143 e. The number of aromatic hydroxyl groups is 1. The van der Waals surface area contributed by atoms with Crippen LogP contribution in [0.1, 0.15) is 89.2 Å². The normalized spacial score (nSPS) is 11.4. The second-order valence-corrected chi connectivity index (χ2v) is 8.46. The van der Waals surface area contributed by atoms with E-state index in [-0.39, 0.29) is 5.75 Å². The zero-order chi connectivity index (χ0) is 21.2. The largest absolute Gasteiger partial charge is 0.506 e. The van der Waals surface area contributed by atoms with Crippen LogP contribution in [0.25, 0.3) is 16.7 Å². The minimum atomic E-state index is 0.223. The molecule has 1 N–H and O–H groups in total. The summed E-state index contributed by atoms with van der Waals surface area (Å²) in [6.45, 7) is 4.47. The minimum Gasteiger partial charge on any atom is -0.506 e. The lowest BCUT2D eigenvalue weighted by atomic mass is 10.0. The standard InChI is InChI=1S/C26H37N3O/c1-3-5-7-8-9-10-11-12-14-22-16-18-26(30)25(20-22)29-27-23-17-15-21(13-6-4-2)19-24(23)28-29/h15-20,30H,3-14H2,1-2H3. The highest BCUT2D eigenvalue weighted by Crippen LogP contribution is 2.24. The van der Waals surface area contributed by atoms with Crippen molar-refractivity contribution in [3.8, 4) is 11.4 Å². The van der Waals surface area contributed by atoms with E-state index in [1.54, 1.807) is 10.9 Å². The van der Waals surface area contributed by atoms with Gasteiger partial charge >= 0.3 is 0 Å². The van der Waals surface area contributed by atoms with Crippen LogP contribution in [0, 0.1) is 0 Å². The van der Waals surface area contributed by atoms with E-state index in [1.165, 1.54) is 75.3 Å². The number of rotatable bonds is 13. The molecule has 0 bridgehead atoms. The molecular formula is C26H37N3O. The second kappa shape index (κ2) is 11.7. The summed E-state index contributed by atoms with van der Waals surface area (Å²) >= 11 is 0. The number of hydrogen-bond donors (Lipinski definition) is 1. The van der Waals surface area contributed by atoms with Crippen molar-refractivity contribution < 1.29 is 5.11 Å². The molecule has 3 aromatic rings. The first kappa shape index (κ1) is 22.3. The molecule has 0 aliphatic heterocycles. The summed E-state index contributed by atoms with van der Waals surface area (Å²) in [5.41, 5.74) is 4.95. The van der Waals surface area contributed by atoms with Crippen LogP contribution < -0.4 is 0 Å². The van der Waals surface area contributed by atoms with E-state index in [2.05, 4.69) is 36.2 Å². The van der Waals surface area contributed by atoms with E-state index >= 15 is 0 Å². The van der Waals surface area contributed by atoms with Crippen molar-refractivity contribution in [2.45, 2.75) is 90.9 Å². The number of aryl methyl sites for hydroxylation is 2. The Morgan fingerprint density at radius 3 is 2.03 bits per heavy atom. The average molecular weight is 408 g/mol. The highest BCUT2D eigenvalue weighted by atomic mass is 16.3. The number of fused-ring (bicyclic) bond motifs is 1. The molecule has 4 nitrogen and oxygen atoms in total. The summed E-state index contributed by atoms with van der Waals surface area (Å²) in [6, 6.07) is 12.1. The molecule has 0 fully saturated rings. The quantitative estimate of drug-likeness (QED) is 0.306. The van der Waals surface area contributed by atoms with Gasteiger partial charge in [-0.2, -0.15) is 0 Å². The molecule has 0 saturated heterocycles. The van der Waals surface area contributed by atoms with E-state index in [0.29, 0.717) is 5.69 Å². The van der Waals surface area contributed by atoms with Gasteiger partial charge in [-0.3, -0.25) is 0 Å². The van der Waals surface area contributed by atoms with E-state index in [1.807, 2.05) is 18.2 Å². The van der Waals surface area contributed by atoms with Gasteiger partial charge in [-0.1, -0.05) is 77.3 Å². The van der Waals surface area contributed by atoms with Crippen molar-refractivity contribution in [2.24, 2.45) is 0 Å². The number of nitrogens with zero attached hydrogens (tertiary/aromatic N) is 3. The molecular weight excluding hydrogens is 370 g/mol. The molecule has 3 rings (SSSR count). The van der Waals surface area contributed by atoms with E-state index in [9.17, 15) is 5.11 Å². The summed E-state index contributed by atoms with van der Waals surface area (Å²) in [7, 11) is 0. The van der Waals surface area contributed by atoms with E-state index in [4.69, 9.17) is 0 Å². The number of phenolic OH excluding ortho intramolecular Hbond substituents is 1. The molecule has 4 heteroatoms. The molecule has 2 aromatic carbocycles. The van der Waals surface area contributed by atoms with Crippen LogP contribution in [0.4, 0.5) is 0 Å². The fourth-order valence-electron chi connectivity index (χ4n) is 3.95. The highest BCUT2D eigenvalue weighted by molar-refractivity contribution is 5.75. The zero-order valence-electron chi connectivity index (χ0n) is 18.7. The molecule has 0 unspecified atom stereocenters. The highest BCUT2D eigenvalue weighted by Gasteiger charge is 2.10. The Kier molecular flexibility index (Phi) is 8.73. The fraction of sp³-hybridized carbons (Fsp3) is 0.538. The van der Waals surface area contributed by atoms with Crippen molar-refractivity contribution in [1.29, 1.82) is 0 Å². The van der Waals surface area contributed by atoms with Crippen molar-refractivity contribution >= 4 is 11.0 Å². The third-order valence-electron chi connectivity index (χ3n) is 5.84. The second-order valence-electron chi connectivity index (χ2n) is 8.46. The Labute approximate surface area is 181 Å². The first-order valence-corrected chi connectivity index (χ1v) is 11.9. The lowest BCUT2D eigenvalue weighted by molar-refractivity contribution is 0.467. The summed E-state index contributed by atoms with van der Waals surface area (Å²) in [5, 5.41) is 19.6. The molecule has 0 aliphatic carbocycles. The third-order valence-corrected chi connectivity index (χ3v) is 5.84. The number of phenols is 1. The number of benzene rings is 2. The van der Waals surface area contributed by atoms with Gasteiger partial charge in [0, 0.05) is 0 Å². The molecule has 0 aliphatic rings. The van der Waals surface area contributed by atoms with Crippen LogP contribution in [0.2, 0.25) is 0 Å². The predicted molar refractivity (Wildman–Crippen MR) is 125 cm³/mol. The van der Waals surface area contributed by atoms with E-state index in [0.717, 1.165) is 23.9 Å². The molecule has 0 spiro atoms. The minimum absolute atomic E-state index is 0.223. The lowest BCUT2D eigenvalue weighted by Crippen LogP contribution is -2.00. The van der Waals surface area contributed by atoms with Crippen LogP contribution >= 0.6 is 0 Å². The van der Waals surface area contributed by atoms with Gasteiger partial charge in [0.2, 0.25) is 0 Å². The first-order chi connectivity index (χ1) is 14.7. The SMILES string of the molecule is CCCCCCCCCCc1ccc(O)c(-n2nc3ccc(CCCC)cc3n2)c1. The number of aromatic nitrogens is 3. The van der Waals surface area contributed by atoms with Gasteiger partial charge in [-0.15, -0.1) is 15.0 Å². The average Bonchev–Trinajstić information content (AvgIpc) is 3.18. The Morgan fingerprint density at radius 1 is 0.667 bits per heavy atom. The van der Waals surface area contributed by atoms with Crippen molar-refractivity contribution in [3.05, 3.63) is 47.5 Å². The van der Waals surface area contributed by atoms with Gasteiger partial charge in [0.1, 0.15) is 22.5 Å². The smallest absolute Gasteiger partial charge is 0.143 e. The van der Waals surface area contributed by atoms with Gasteiger partial charge in [0.25, 0.3) is 0 Å². The molecule has 0 saturated carbocycles. The van der Waals surface area contributed by atoms with Crippen LogP contribution in [0.5, 0.6) is 5.75 Å². The third kappa shape index (κ3) is 6.32. The monoisotopic (exact) mass is 407 g/mol. The molecule has 0 atom stereocenters. The van der Waals surface area contributed by atoms with Crippen LogP contribution in [-0.4, -0.2) is 20.1 Å². The van der Waals surface area contributed by atoms with E-state index < -0.39 is 0 Å². The molecule has 0 amide bonds. The van der Waals surface area contributed by atoms with Crippen LogP contribution in [-0.2, 0) is 12.8 Å². The Bertz CT molecular complexity index is 916. The van der Waals surface area contributed by atoms with Crippen molar-refractivity contribution in [1.82, 2.24) is 15.0 Å². The maximum absolute atomic E-state index is 10.4. The van der Waals surface area contributed by atoms with Crippen LogP contribution in [0.3, 0.4) is 0 Å².